The molecule has 0 fully saturated rings. The third-order valence-electron chi connectivity index (χ3n) is 6.02. The summed E-state index contributed by atoms with van der Waals surface area (Å²) in [6.07, 6.45) is 1.25. The highest BCUT2D eigenvalue weighted by molar-refractivity contribution is 9.10. The minimum absolute atomic E-state index is 0.0103. The van der Waals surface area contributed by atoms with Crippen molar-refractivity contribution < 1.29 is 22.4 Å². The van der Waals surface area contributed by atoms with Crippen molar-refractivity contribution >= 4 is 43.5 Å². The molecule has 0 radical (unpaired) electrons. The number of hydrogen-bond donors (Lipinski definition) is 1. The molecule has 0 aliphatic rings. The summed E-state index contributed by atoms with van der Waals surface area (Å²) < 4.78 is 40.9. The fourth-order valence-corrected chi connectivity index (χ4v) is 5.10. The molecule has 0 heterocycles. The van der Waals surface area contributed by atoms with Gasteiger partial charge in [0.15, 0.2) is 0 Å². The van der Waals surface area contributed by atoms with E-state index in [4.69, 9.17) is 0 Å². The van der Waals surface area contributed by atoms with Crippen LogP contribution < -0.4 is 9.62 Å². The van der Waals surface area contributed by atoms with Crippen LogP contribution in [0, 0.1) is 11.7 Å². The normalized spacial score (nSPS) is 12.2. The third kappa shape index (κ3) is 9.18. The smallest absolute Gasteiger partial charge is 0.244 e. The van der Waals surface area contributed by atoms with Crippen molar-refractivity contribution in [3.63, 3.8) is 0 Å². The van der Waals surface area contributed by atoms with Crippen LogP contribution in [-0.2, 0) is 32.6 Å². The summed E-state index contributed by atoms with van der Waals surface area (Å²) >= 11 is 3.34. The summed E-state index contributed by atoms with van der Waals surface area (Å²) in [7, 11) is -3.84. The Morgan fingerprint density at radius 3 is 2.10 bits per heavy atom. The number of amides is 2. The first-order valence-corrected chi connectivity index (χ1v) is 15.2. The number of nitrogens with one attached hydrogen (secondary N) is 1. The summed E-state index contributed by atoms with van der Waals surface area (Å²) in [6.45, 7) is 3.83. The van der Waals surface area contributed by atoms with Crippen molar-refractivity contribution in [1.29, 1.82) is 0 Å². The SMILES string of the molecule is CC(C)CNC(=O)[C@@H](Cc1ccccc1)N(Cc1ccc(F)cc1)C(=O)CN(c1ccc(Br)cc1)S(C)(=O)=O. The second-order valence-corrected chi connectivity index (χ2v) is 12.6. The van der Waals surface area contributed by atoms with E-state index < -0.39 is 34.3 Å². The second-order valence-electron chi connectivity index (χ2n) is 9.74. The quantitative estimate of drug-likeness (QED) is 0.317. The predicted molar refractivity (Wildman–Crippen MR) is 155 cm³/mol. The monoisotopic (exact) mass is 617 g/mol. The Balaban J connectivity index is 2.03. The van der Waals surface area contributed by atoms with Crippen LogP contribution >= 0.6 is 15.9 Å². The van der Waals surface area contributed by atoms with Crippen molar-refractivity contribution in [2.24, 2.45) is 5.92 Å². The molecule has 3 aromatic rings. The van der Waals surface area contributed by atoms with Gasteiger partial charge in [0, 0.05) is 24.0 Å². The van der Waals surface area contributed by atoms with Crippen LogP contribution in [0.3, 0.4) is 0 Å². The molecule has 0 aliphatic carbocycles. The molecule has 0 unspecified atom stereocenters. The summed E-state index contributed by atoms with van der Waals surface area (Å²) in [5.74, 6) is -1.15. The van der Waals surface area contributed by atoms with Crippen molar-refractivity contribution in [2.75, 3.05) is 23.7 Å². The van der Waals surface area contributed by atoms with Crippen LogP contribution in [0.25, 0.3) is 0 Å². The predicted octanol–water partition coefficient (Wildman–Crippen LogP) is 4.77. The van der Waals surface area contributed by atoms with Gasteiger partial charge in [0.25, 0.3) is 0 Å². The summed E-state index contributed by atoms with van der Waals surface area (Å²) in [5.41, 5.74) is 1.76. The molecule has 0 spiro atoms. The molecule has 208 valence electrons. The molecule has 3 aromatic carbocycles. The lowest BCUT2D eigenvalue weighted by Gasteiger charge is -2.33. The molecule has 10 heteroatoms. The molecule has 0 aliphatic heterocycles. The molecule has 0 saturated heterocycles. The molecule has 0 aromatic heterocycles. The van der Waals surface area contributed by atoms with Gasteiger partial charge in [-0.25, -0.2) is 12.8 Å². The fourth-order valence-electron chi connectivity index (χ4n) is 3.98. The summed E-state index contributed by atoms with van der Waals surface area (Å²) in [6, 6.07) is 20.6. The number of rotatable bonds is 12. The number of hydrogen-bond acceptors (Lipinski definition) is 4. The number of nitrogens with zero attached hydrogens (tertiary/aromatic N) is 2. The van der Waals surface area contributed by atoms with Crippen molar-refractivity contribution in [3.05, 3.63) is 100 Å². The Hall–Kier alpha value is -3.24. The number of carbonyl (C=O) groups excluding carboxylic acids is 2. The van der Waals surface area contributed by atoms with Gasteiger partial charge in [-0.2, -0.15) is 0 Å². The van der Waals surface area contributed by atoms with Crippen molar-refractivity contribution in [1.82, 2.24) is 10.2 Å². The molecule has 0 saturated carbocycles. The van der Waals surface area contributed by atoms with Crippen molar-refractivity contribution in [2.45, 2.75) is 32.9 Å². The van der Waals surface area contributed by atoms with Gasteiger partial charge in [0.1, 0.15) is 18.4 Å². The summed E-state index contributed by atoms with van der Waals surface area (Å²) in [4.78, 5) is 28.9. The van der Waals surface area contributed by atoms with Crippen LogP contribution in [0.1, 0.15) is 25.0 Å². The number of anilines is 1. The van der Waals surface area contributed by atoms with E-state index in [0.717, 1.165) is 20.6 Å². The van der Waals surface area contributed by atoms with E-state index in [9.17, 15) is 22.4 Å². The standard InChI is InChI=1S/C29H33BrFN3O4S/c1-21(2)18-32-29(36)27(17-22-7-5-4-6-8-22)33(19-23-9-13-25(31)14-10-23)28(35)20-34(39(3,37)38)26-15-11-24(30)12-16-26/h4-16,21,27H,17-20H2,1-3H3,(H,32,36)/t27-/m1/s1. The lowest BCUT2D eigenvalue weighted by molar-refractivity contribution is -0.140. The first-order valence-electron chi connectivity index (χ1n) is 12.5. The van der Waals surface area contributed by atoms with E-state index in [0.29, 0.717) is 17.8 Å². The fraction of sp³-hybridized carbons (Fsp3) is 0.310. The van der Waals surface area contributed by atoms with Gasteiger partial charge < -0.3 is 10.2 Å². The van der Waals surface area contributed by atoms with E-state index >= 15 is 0 Å². The number of sulfonamides is 1. The molecule has 3 rings (SSSR count). The molecule has 1 atom stereocenters. The zero-order valence-corrected chi connectivity index (χ0v) is 24.6. The highest BCUT2D eigenvalue weighted by Crippen LogP contribution is 2.22. The minimum atomic E-state index is -3.84. The van der Waals surface area contributed by atoms with E-state index in [1.807, 2.05) is 44.2 Å². The Kier molecular flexibility index (Phi) is 10.7. The topological polar surface area (TPSA) is 86.8 Å². The Bertz CT molecular complexity index is 1350. The lowest BCUT2D eigenvalue weighted by atomic mass is 10.0. The van der Waals surface area contributed by atoms with Crippen LogP contribution in [0.2, 0.25) is 0 Å². The molecule has 0 bridgehead atoms. The van der Waals surface area contributed by atoms with E-state index in [1.165, 1.54) is 17.0 Å². The second kappa shape index (κ2) is 13.7. The zero-order valence-electron chi connectivity index (χ0n) is 22.2. The number of benzene rings is 3. The maximum absolute atomic E-state index is 13.9. The number of carbonyl (C=O) groups is 2. The molecule has 2 amide bonds. The zero-order chi connectivity index (χ0) is 28.6. The van der Waals surface area contributed by atoms with Crippen LogP contribution in [0.4, 0.5) is 10.1 Å². The van der Waals surface area contributed by atoms with E-state index in [2.05, 4.69) is 21.2 Å². The van der Waals surface area contributed by atoms with Crippen LogP contribution in [0.15, 0.2) is 83.3 Å². The van der Waals surface area contributed by atoms with Crippen LogP contribution in [0.5, 0.6) is 0 Å². The van der Waals surface area contributed by atoms with Gasteiger partial charge in [-0.3, -0.25) is 13.9 Å². The number of halogens is 2. The average Bonchev–Trinajstić information content (AvgIpc) is 2.89. The van der Waals surface area contributed by atoms with Gasteiger partial charge in [0.05, 0.1) is 11.9 Å². The Labute approximate surface area is 238 Å². The minimum Gasteiger partial charge on any atom is -0.354 e. The maximum atomic E-state index is 13.9. The van der Waals surface area contributed by atoms with E-state index in [1.54, 1.807) is 36.4 Å². The third-order valence-corrected chi connectivity index (χ3v) is 7.68. The molecular formula is C29H33BrFN3O4S. The lowest BCUT2D eigenvalue weighted by Crippen LogP contribution is -2.53. The van der Waals surface area contributed by atoms with Gasteiger partial charge in [0.2, 0.25) is 21.8 Å². The first kappa shape index (κ1) is 30.3. The molecule has 1 N–H and O–H groups in total. The van der Waals surface area contributed by atoms with E-state index in [-0.39, 0.29) is 24.8 Å². The van der Waals surface area contributed by atoms with Gasteiger partial charge in [-0.1, -0.05) is 72.2 Å². The summed E-state index contributed by atoms with van der Waals surface area (Å²) in [5, 5.41) is 2.92. The highest BCUT2D eigenvalue weighted by atomic mass is 79.9. The molecule has 39 heavy (non-hydrogen) atoms. The van der Waals surface area contributed by atoms with Gasteiger partial charge in [-0.15, -0.1) is 0 Å². The Morgan fingerprint density at radius 1 is 0.923 bits per heavy atom. The molecule has 7 nitrogen and oxygen atoms in total. The van der Waals surface area contributed by atoms with Gasteiger partial charge in [-0.05, 0) is 53.4 Å². The maximum Gasteiger partial charge on any atom is 0.244 e. The first-order chi connectivity index (χ1) is 18.4. The molecular weight excluding hydrogens is 585 g/mol. The Morgan fingerprint density at radius 2 is 1.54 bits per heavy atom. The highest BCUT2D eigenvalue weighted by Gasteiger charge is 2.33. The largest absolute Gasteiger partial charge is 0.354 e. The van der Waals surface area contributed by atoms with Crippen LogP contribution in [-0.4, -0.2) is 50.5 Å². The average molecular weight is 619 g/mol. The van der Waals surface area contributed by atoms with Gasteiger partial charge >= 0.3 is 0 Å². The van der Waals surface area contributed by atoms with Crippen molar-refractivity contribution in [3.8, 4) is 0 Å².